The normalized spacial score (nSPS) is 18.0. The lowest BCUT2D eigenvalue weighted by Gasteiger charge is -2.38. The number of hydrogen-bond acceptors (Lipinski definition) is 3. The standard InChI is InChI=1S/C23H23F4N3O2/c1-4-28-22-29-20(15-9-11-17(24)12-10-15)19(21(31)32-3)14(2)30(22)13-16-7-5-6-8-18(16)23(25,26)27/h5-12,20H,4,13H2,1-3H3,(H,28,29). The summed E-state index contributed by atoms with van der Waals surface area (Å²) in [7, 11) is 1.23. The van der Waals surface area contributed by atoms with Crippen LogP contribution < -0.4 is 5.32 Å². The van der Waals surface area contributed by atoms with Gasteiger partial charge in [0.2, 0.25) is 0 Å². The molecule has 2 aromatic rings. The van der Waals surface area contributed by atoms with Gasteiger partial charge >= 0.3 is 12.1 Å². The Morgan fingerprint density at radius 2 is 1.81 bits per heavy atom. The van der Waals surface area contributed by atoms with Crippen LogP contribution in [0.5, 0.6) is 0 Å². The molecule has 0 aliphatic carbocycles. The molecule has 0 spiro atoms. The van der Waals surface area contributed by atoms with Gasteiger partial charge in [0.15, 0.2) is 5.96 Å². The van der Waals surface area contributed by atoms with E-state index < -0.39 is 29.6 Å². The number of hydrogen-bond donors (Lipinski definition) is 1. The summed E-state index contributed by atoms with van der Waals surface area (Å²) in [4.78, 5) is 18.6. The van der Waals surface area contributed by atoms with Crippen LogP contribution >= 0.6 is 0 Å². The average molecular weight is 449 g/mol. The molecule has 1 N–H and O–H groups in total. The molecule has 0 saturated carbocycles. The highest BCUT2D eigenvalue weighted by Crippen LogP contribution is 2.35. The minimum atomic E-state index is -4.53. The van der Waals surface area contributed by atoms with Crippen LogP contribution in [0.2, 0.25) is 0 Å². The van der Waals surface area contributed by atoms with Gasteiger partial charge < -0.3 is 15.0 Å². The number of allylic oxidation sites excluding steroid dienone is 1. The van der Waals surface area contributed by atoms with Gasteiger partial charge in [-0.15, -0.1) is 0 Å². The second-order valence-electron chi connectivity index (χ2n) is 7.16. The Kier molecular flexibility index (Phi) is 6.86. The van der Waals surface area contributed by atoms with Gasteiger partial charge in [-0.2, -0.15) is 13.2 Å². The highest BCUT2D eigenvalue weighted by Gasteiger charge is 2.37. The second-order valence-corrected chi connectivity index (χ2v) is 7.16. The molecule has 2 aromatic carbocycles. The largest absolute Gasteiger partial charge is 0.466 e. The van der Waals surface area contributed by atoms with Gasteiger partial charge in [-0.25, -0.2) is 9.18 Å². The first-order valence-corrected chi connectivity index (χ1v) is 9.95. The number of alkyl halides is 3. The van der Waals surface area contributed by atoms with E-state index in [0.717, 1.165) is 6.07 Å². The van der Waals surface area contributed by atoms with Crippen molar-refractivity contribution in [3.63, 3.8) is 0 Å². The SMILES string of the molecule is CCN=C1NC(c2ccc(F)cc2)C(C(=O)OC)=C(C)N1Cc1ccccc1C(F)(F)F. The van der Waals surface area contributed by atoms with Crippen LogP contribution in [0, 0.1) is 5.82 Å². The van der Waals surface area contributed by atoms with E-state index in [1.54, 1.807) is 13.8 Å². The van der Waals surface area contributed by atoms with Gasteiger partial charge in [-0.3, -0.25) is 4.99 Å². The molecule has 0 aromatic heterocycles. The summed E-state index contributed by atoms with van der Waals surface area (Å²) in [5.74, 6) is -0.768. The Balaban J connectivity index is 2.13. The van der Waals surface area contributed by atoms with Crippen molar-refractivity contribution in [2.45, 2.75) is 32.6 Å². The number of guanidine groups is 1. The Hall–Kier alpha value is -3.36. The fourth-order valence-electron chi connectivity index (χ4n) is 3.65. The Morgan fingerprint density at radius 1 is 1.16 bits per heavy atom. The first-order chi connectivity index (χ1) is 15.2. The minimum absolute atomic E-state index is 0.0365. The summed E-state index contributed by atoms with van der Waals surface area (Å²) < 4.78 is 59.0. The molecule has 5 nitrogen and oxygen atoms in total. The molecular formula is C23H23F4N3O2. The summed E-state index contributed by atoms with van der Waals surface area (Å²) in [6.07, 6.45) is -4.53. The maximum Gasteiger partial charge on any atom is 0.416 e. The number of nitrogens with one attached hydrogen (secondary N) is 1. The average Bonchev–Trinajstić information content (AvgIpc) is 2.76. The number of rotatable bonds is 5. The number of halogens is 4. The summed E-state index contributed by atoms with van der Waals surface area (Å²) in [6.45, 7) is 3.62. The summed E-state index contributed by atoms with van der Waals surface area (Å²) in [6, 6.07) is 10.2. The predicted octanol–water partition coefficient (Wildman–Crippen LogP) is 4.81. The number of esters is 1. The van der Waals surface area contributed by atoms with Crippen LogP contribution in [-0.2, 0) is 22.3 Å². The fourth-order valence-corrected chi connectivity index (χ4v) is 3.65. The molecule has 0 bridgehead atoms. The molecule has 9 heteroatoms. The zero-order valence-corrected chi connectivity index (χ0v) is 17.8. The Morgan fingerprint density at radius 3 is 2.41 bits per heavy atom. The third-order valence-corrected chi connectivity index (χ3v) is 5.18. The van der Waals surface area contributed by atoms with E-state index >= 15 is 0 Å². The molecule has 0 saturated heterocycles. The van der Waals surface area contributed by atoms with Gasteiger partial charge in [-0.1, -0.05) is 30.3 Å². The number of carbonyl (C=O) groups excluding carboxylic acids is 1. The molecule has 170 valence electrons. The summed E-state index contributed by atoms with van der Waals surface area (Å²) >= 11 is 0. The summed E-state index contributed by atoms with van der Waals surface area (Å²) in [5, 5.41) is 3.13. The van der Waals surface area contributed by atoms with Crippen LogP contribution in [-0.4, -0.2) is 30.5 Å². The van der Waals surface area contributed by atoms with Gasteiger partial charge in [-0.05, 0) is 43.2 Å². The van der Waals surface area contributed by atoms with Crippen molar-refractivity contribution < 1.29 is 27.1 Å². The summed E-state index contributed by atoms with van der Waals surface area (Å²) in [5.41, 5.74) is 0.469. The lowest BCUT2D eigenvalue weighted by Crippen LogP contribution is -2.49. The molecular weight excluding hydrogens is 426 g/mol. The quantitative estimate of drug-likeness (QED) is 0.526. The van der Waals surface area contributed by atoms with Crippen LogP contribution in [0.15, 0.2) is 64.8 Å². The van der Waals surface area contributed by atoms with Crippen molar-refractivity contribution in [1.82, 2.24) is 10.2 Å². The predicted molar refractivity (Wildman–Crippen MR) is 112 cm³/mol. The number of nitrogens with zero attached hydrogens (tertiary/aromatic N) is 2. The van der Waals surface area contributed by atoms with Crippen LogP contribution in [0.1, 0.15) is 36.6 Å². The van der Waals surface area contributed by atoms with Crippen molar-refractivity contribution in [2.75, 3.05) is 13.7 Å². The molecule has 0 fully saturated rings. The molecule has 3 rings (SSSR count). The van der Waals surface area contributed by atoms with E-state index in [9.17, 15) is 22.4 Å². The van der Waals surface area contributed by atoms with E-state index in [4.69, 9.17) is 4.74 Å². The number of ether oxygens (including phenoxy) is 1. The topological polar surface area (TPSA) is 53.9 Å². The van der Waals surface area contributed by atoms with Gasteiger partial charge in [0.05, 0.1) is 30.8 Å². The molecule has 0 amide bonds. The lowest BCUT2D eigenvalue weighted by molar-refractivity contribution is -0.139. The van der Waals surface area contributed by atoms with E-state index in [1.807, 2.05) is 0 Å². The van der Waals surface area contributed by atoms with E-state index in [1.165, 1.54) is 54.5 Å². The van der Waals surface area contributed by atoms with Gasteiger partial charge in [0.1, 0.15) is 5.82 Å². The third kappa shape index (κ3) is 4.76. The number of carbonyl (C=O) groups is 1. The highest BCUT2D eigenvalue weighted by atomic mass is 19.4. The van der Waals surface area contributed by atoms with E-state index in [0.29, 0.717) is 23.8 Å². The zero-order valence-electron chi connectivity index (χ0n) is 17.8. The second kappa shape index (κ2) is 9.42. The van der Waals surface area contributed by atoms with E-state index in [2.05, 4.69) is 10.3 Å². The molecule has 32 heavy (non-hydrogen) atoms. The highest BCUT2D eigenvalue weighted by molar-refractivity contribution is 5.96. The van der Waals surface area contributed by atoms with Gasteiger partial charge in [0, 0.05) is 12.2 Å². The lowest BCUT2D eigenvalue weighted by atomic mass is 9.94. The van der Waals surface area contributed by atoms with Crippen molar-refractivity contribution in [3.05, 3.63) is 82.3 Å². The maximum atomic E-state index is 13.5. The molecule has 1 aliphatic heterocycles. The number of aliphatic imine (C=N–C) groups is 1. The smallest absolute Gasteiger partial charge is 0.416 e. The Bertz CT molecular complexity index is 1050. The minimum Gasteiger partial charge on any atom is -0.466 e. The van der Waals surface area contributed by atoms with E-state index in [-0.39, 0.29) is 17.7 Å². The molecule has 1 aliphatic rings. The van der Waals surface area contributed by atoms with Crippen molar-refractivity contribution in [2.24, 2.45) is 4.99 Å². The van der Waals surface area contributed by atoms with Crippen molar-refractivity contribution >= 4 is 11.9 Å². The first kappa shape index (κ1) is 23.3. The molecule has 1 unspecified atom stereocenters. The number of methoxy groups -OCH3 is 1. The van der Waals surface area contributed by atoms with Gasteiger partial charge in [0.25, 0.3) is 0 Å². The third-order valence-electron chi connectivity index (χ3n) is 5.18. The van der Waals surface area contributed by atoms with Crippen LogP contribution in [0.25, 0.3) is 0 Å². The zero-order chi connectivity index (χ0) is 23.5. The monoisotopic (exact) mass is 449 g/mol. The molecule has 1 heterocycles. The van der Waals surface area contributed by atoms with Crippen molar-refractivity contribution in [1.29, 1.82) is 0 Å². The fraction of sp³-hybridized carbons (Fsp3) is 0.304. The first-order valence-electron chi connectivity index (χ1n) is 9.95. The molecule has 0 radical (unpaired) electrons. The van der Waals surface area contributed by atoms with Crippen molar-refractivity contribution in [3.8, 4) is 0 Å². The number of benzene rings is 2. The maximum absolute atomic E-state index is 13.5. The molecule has 1 atom stereocenters. The Labute approximate surface area is 183 Å². The van der Waals surface area contributed by atoms with Crippen LogP contribution in [0.4, 0.5) is 17.6 Å². The van der Waals surface area contributed by atoms with Crippen LogP contribution in [0.3, 0.4) is 0 Å².